The third-order valence-corrected chi connectivity index (χ3v) is 2.70. The maximum absolute atomic E-state index is 8.56. The molecule has 0 atom stereocenters. The summed E-state index contributed by atoms with van der Waals surface area (Å²) < 4.78 is 0. The van der Waals surface area contributed by atoms with Crippen molar-refractivity contribution in [2.24, 2.45) is 16.6 Å². The van der Waals surface area contributed by atoms with Crippen LogP contribution in [0.5, 0.6) is 0 Å². The van der Waals surface area contributed by atoms with Crippen molar-refractivity contribution < 1.29 is 5.11 Å². The maximum Gasteiger partial charge on any atom is 0.188 e. The van der Waals surface area contributed by atoms with Gasteiger partial charge in [-0.1, -0.05) is 13.8 Å². The summed E-state index contributed by atoms with van der Waals surface area (Å²) in [5.74, 6) is 3.08. The zero-order chi connectivity index (χ0) is 11.5. The van der Waals surface area contributed by atoms with E-state index in [0.717, 1.165) is 31.0 Å². The SMILES string of the molecule is CC(C)CN=C(N)NCCSCCCO. The third kappa shape index (κ3) is 11.5. The highest BCUT2D eigenvalue weighted by molar-refractivity contribution is 7.99. The molecular weight excluding hydrogens is 210 g/mol. The van der Waals surface area contributed by atoms with E-state index in [9.17, 15) is 0 Å². The molecule has 0 aromatic heterocycles. The maximum atomic E-state index is 8.56. The molecule has 4 N–H and O–H groups in total. The van der Waals surface area contributed by atoms with Crippen LogP contribution in [0, 0.1) is 5.92 Å². The van der Waals surface area contributed by atoms with E-state index in [1.165, 1.54) is 0 Å². The second kappa shape index (κ2) is 10.1. The molecule has 0 saturated heterocycles. The molecule has 0 rings (SSSR count). The number of nitrogens with zero attached hydrogens (tertiary/aromatic N) is 1. The summed E-state index contributed by atoms with van der Waals surface area (Å²) in [6, 6.07) is 0. The molecule has 4 nitrogen and oxygen atoms in total. The smallest absolute Gasteiger partial charge is 0.188 e. The predicted octanol–water partition coefficient (Wildman–Crippen LogP) is 0.662. The number of nitrogens with one attached hydrogen (secondary N) is 1. The number of thioether (sulfide) groups is 1. The Morgan fingerprint density at radius 1 is 1.47 bits per heavy atom. The van der Waals surface area contributed by atoms with Crippen molar-refractivity contribution >= 4 is 17.7 Å². The van der Waals surface area contributed by atoms with E-state index in [-0.39, 0.29) is 6.61 Å². The Hall–Kier alpha value is -0.420. The van der Waals surface area contributed by atoms with E-state index in [1.54, 1.807) is 0 Å². The Labute approximate surface area is 96.7 Å². The summed E-state index contributed by atoms with van der Waals surface area (Å²) in [6.45, 7) is 6.11. The number of aliphatic hydroxyl groups is 1. The van der Waals surface area contributed by atoms with Crippen LogP contribution in [0.3, 0.4) is 0 Å². The van der Waals surface area contributed by atoms with Crippen LogP contribution in [0.15, 0.2) is 4.99 Å². The van der Waals surface area contributed by atoms with E-state index >= 15 is 0 Å². The minimum Gasteiger partial charge on any atom is -0.396 e. The molecular formula is C10H23N3OS. The Balaban J connectivity index is 3.30. The topological polar surface area (TPSA) is 70.6 Å². The fourth-order valence-corrected chi connectivity index (χ4v) is 1.64. The van der Waals surface area contributed by atoms with Crippen LogP contribution in [0.2, 0.25) is 0 Å². The first-order valence-corrected chi connectivity index (χ1v) is 6.54. The van der Waals surface area contributed by atoms with Crippen molar-refractivity contribution in [2.45, 2.75) is 20.3 Å². The molecule has 0 spiro atoms. The van der Waals surface area contributed by atoms with Crippen molar-refractivity contribution in [1.82, 2.24) is 5.32 Å². The van der Waals surface area contributed by atoms with Crippen molar-refractivity contribution in [3.05, 3.63) is 0 Å². The van der Waals surface area contributed by atoms with Gasteiger partial charge in [0.25, 0.3) is 0 Å². The molecule has 0 radical (unpaired) electrons. The first kappa shape index (κ1) is 14.6. The number of hydrogen-bond acceptors (Lipinski definition) is 3. The number of rotatable bonds is 8. The predicted molar refractivity (Wildman–Crippen MR) is 68.4 cm³/mol. The average Bonchev–Trinajstić information content (AvgIpc) is 2.20. The zero-order valence-electron chi connectivity index (χ0n) is 9.70. The molecule has 0 unspecified atom stereocenters. The number of aliphatic imine (C=N–C) groups is 1. The molecule has 0 aromatic carbocycles. The van der Waals surface area contributed by atoms with Gasteiger partial charge in [0.05, 0.1) is 0 Å². The van der Waals surface area contributed by atoms with Crippen molar-refractivity contribution in [2.75, 3.05) is 31.2 Å². The second-order valence-electron chi connectivity index (χ2n) is 3.74. The standard InChI is InChI=1S/C10H23N3OS/c1-9(2)8-13-10(11)12-4-7-15-6-3-5-14/h9,14H,3-8H2,1-2H3,(H3,11,12,13). The minimum absolute atomic E-state index is 0.276. The molecule has 5 heteroatoms. The van der Waals surface area contributed by atoms with E-state index in [4.69, 9.17) is 10.8 Å². The summed E-state index contributed by atoms with van der Waals surface area (Å²) in [5.41, 5.74) is 5.65. The third-order valence-electron chi connectivity index (χ3n) is 1.63. The summed E-state index contributed by atoms with van der Waals surface area (Å²) in [7, 11) is 0. The first-order valence-electron chi connectivity index (χ1n) is 5.39. The summed E-state index contributed by atoms with van der Waals surface area (Å²) in [4.78, 5) is 4.19. The van der Waals surface area contributed by atoms with Gasteiger partial charge in [0.1, 0.15) is 0 Å². The average molecular weight is 233 g/mol. The molecule has 0 amide bonds. The normalized spacial score (nSPS) is 12.1. The van der Waals surface area contributed by atoms with Crippen LogP contribution in [0.1, 0.15) is 20.3 Å². The largest absolute Gasteiger partial charge is 0.396 e. The molecule has 90 valence electrons. The van der Waals surface area contributed by atoms with Gasteiger partial charge in [-0.2, -0.15) is 11.8 Å². The van der Waals surface area contributed by atoms with Crippen LogP contribution in [-0.2, 0) is 0 Å². The van der Waals surface area contributed by atoms with Crippen LogP contribution in [0.25, 0.3) is 0 Å². The van der Waals surface area contributed by atoms with Gasteiger partial charge < -0.3 is 16.2 Å². The van der Waals surface area contributed by atoms with Crippen LogP contribution >= 0.6 is 11.8 Å². The van der Waals surface area contributed by atoms with Crippen LogP contribution in [0.4, 0.5) is 0 Å². The van der Waals surface area contributed by atoms with Crippen molar-refractivity contribution in [3.63, 3.8) is 0 Å². The van der Waals surface area contributed by atoms with Gasteiger partial charge in [-0.15, -0.1) is 0 Å². The number of guanidine groups is 1. The quantitative estimate of drug-likeness (QED) is 0.327. The fourth-order valence-electron chi connectivity index (χ4n) is 0.857. The highest BCUT2D eigenvalue weighted by Crippen LogP contribution is 1.99. The molecule has 0 aliphatic heterocycles. The van der Waals surface area contributed by atoms with E-state index < -0.39 is 0 Å². The number of nitrogens with two attached hydrogens (primary N) is 1. The van der Waals surface area contributed by atoms with Gasteiger partial charge in [0, 0.05) is 25.4 Å². The lowest BCUT2D eigenvalue weighted by Gasteiger charge is -2.06. The highest BCUT2D eigenvalue weighted by Gasteiger charge is 1.94. The summed E-state index contributed by atoms with van der Waals surface area (Å²) in [5, 5.41) is 11.6. The summed E-state index contributed by atoms with van der Waals surface area (Å²) >= 11 is 1.81. The number of aliphatic hydroxyl groups excluding tert-OH is 1. The Kier molecular flexibility index (Phi) is 9.83. The van der Waals surface area contributed by atoms with Gasteiger partial charge in [0.15, 0.2) is 5.96 Å². The molecule has 0 saturated carbocycles. The summed E-state index contributed by atoms with van der Waals surface area (Å²) in [6.07, 6.45) is 0.863. The molecule has 0 fully saturated rings. The number of hydrogen-bond donors (Lipinski definition) is 3. The lowest BCUT2D eigenvalue weighted by Crippen LogP contribution is -2.33. The molecule has 0 aliphatic carbocycles. The second-order valence-corrected chi connectivity index (χ2v) is 4.96. The van der Waals surface area contributed by atoms with Crippen molar-refractivity contribution in [3.8, 4) is 0 Å². The fraction of sp³-hybridized carbons (Fsp3) is 0.900. The molecule has 0 aromatic rings. The first-order chi connectivity index (χ1) is 7.16. The molecule has 0 heterocycles. The van der Waals surface area contributed by atoms with E-state index in [1.807, 2.05) is 11.8 Å². The molecule has 0 aliphatic rings. The Morgan fingerprint density at radius 3 is 2.80 bits per heavy atom. The Morgan fingerprint density at radius 2 is 2.20 bits per heavy atom. The lowest BCUT2D eigenvalue weighted by atomic mass is 10.2. The highest BCUT2D eigenvalue weighted by atomic mass is 32.2. The van der Waals surface area contributed by atoms with E-state index in [2.05, 4.69) is 24.2 Å². The van der Waals surface area contributed by atoms with E-state index in [0.29, 0.717) is 11.9 Å². The minimum atomic E-state index is 0.276. The van der Waals surface area contributed by atoms with Gasteiger partial charge in [-0.05, 0) is 18.1 Å². The Bertz CT molecular complexity index is 174. The lowest BCUT2D eigenvalue weighted by molar-refractivity contribution is 0.296. The molecule has 0 bridgehead atoms. The van der Waals surface area contributed by atoms with Gasteiger partial charge in [-0.3, -0.25) is 4.99 Å². The van der Waals surface area contributed by atoms with Gasteiger partial charge in [-0.25, -0.2) is 0 Å². The monoisotopic (exact) mass is 233 g/mol. The zero-order valence-corrected chi connectivity index (χ0v) is 10.5. The van der Waals surface area contributed by atoms with Crippen molar-refractivity contribution in [1.29, 1.82) is 0 Å². The van der Waals surface area contributed by atoms with Gasteiger partial charge >= 0.3 is 0 Å². The van der Waals surface area contributed by atoms with Crippen LogP contribution < -0.4 is 11.1 Å². The molecule has 15 heavy (non-hydrogen) atoms. The van der Waals surface area contributed by atoms with Gasteiger partial charge in [0.2, 0.25) is 0 Å². The van der Waals surface area contributed by atoms with Crippen LogP contribution in [-0.4, -0.2) is 42.3 Å².